The second kappa shape index (κ2) is 6.12. The summed E-state index contributed by atoms with van der Waals surface area (Å²) in [6.45, 7) is 2.67. The Morgan fingerprint density at radius 2 is 1.87 bits per heavy atom. The van der Waals surface area contributed by atoms with Crippen molar-refractivity contribution in [2.45, 2.75) is 13.5 Å². The molecule has 0 fully saturated rings. The molecule has 3 rings (SSSR count). The van der Waals surface area contributed by atoms with Gasteiger partial charge in [0.15, 0.2) is 0 Å². The maximum atomic E-state index is 11.6. The molecular formula is C18H18N2O3. The van der Waals surface area contributed by atoms with Gasteiger partial charge in [0.2, 0.25) is 0 Å². The first-order valence-corrected chi connectivity index (χ1v) is 7.30. The molecule has 0 bridgehead atoms. The smallest absolute Gasteiger partial charge is 0.337 e. The van der Waals surface area contributed by atoms with Crippen LogP contribution in [0.2, 0.25) is 0 Å². The van der Waals surface area contributed by atoms with Gasteiger partial charge in [-0.05, 0) is 42.8 Å². The number of benzene rings is 2. The zero-order valence-corrected chi connectivity index (χ0v) is 13.4. The van der Waals surface area contributed by atoms with Crippen molar-refractivity contribution in [2.75, 3.05) is 14.2 Å². The summed E-state index contributed by atoms with van der Waals surface area (Å²) >= 11 is 0. The van der Waals surface area contributed by atoms with Crippen LogP contribution in [0, 0.1) is 6.92 Å². The summed E-state index contributed by atoms with van der Waals surface area (Å²) in [5.74, 6) is 1.38. The molecule has 0 aliphatic heterocycles. The highest BCUT2D eigenvalue weighted by molar-refractivity contribution is 5.93. The third kappa shape index (κ3) is 2.90. The highest BCUT2D eigenvalue weighted by Gasteiger charge is 2.12. The van der Waals surface area contributed by atoms with Crippen molar-refractivity contribution in [1.29, 1.82) is 0 Å². The molecule has 5 heteroatoms. The van der Waals surface area contributed by atoms with Crippen molar-refractivity contribution in [1.82, 2.24) is 9.55 Å². The van der Waals surface area contributed by atoms with Crippen LogP contribution in [0.1, 0.15) is 21.7 Å². The minimum Gasteiger partial charge on any atom is -0.497 e. The Bertz CT molecular complexity index is 851. The molecule has 1 heterocycles. The first-order valence-electron chi connectivity index (χ1n) is 7.30. The van der Waals surface area contributed by atoms with E-state index in [-0.39, 0.29) is 5.97 Å². The molecular weight excluding hydrogens is 292 g/mol. The molecule has 0 aliphatic carbocycles. The summed E-state index contributed by atoms with van der Waals surface area (Å²) in [4.78, 5) is 16.2. The summed E-state index contributed by atoms with van der Waals surface area (Å²) < 4.78 is 12.1. The van der Waals surface area contributed by atoms with Crippen LogP contribution < -0.4 is 4.74 Å². The van der Waals surface area contributed by atoms with E-state index < -0.39 is 0 Å². The number of hydrogen-bond acceptors (Lipinski definition) is 4. The van der Waals surface area contributed by atoms with E-state index in [2.05, 4.69) is 9.55 Å². The van der Waals surface area contributed by atoms with Crippen LogP contribution in [-0.2, 0) is 11.3 Å². The Hall–Kier alpha value is -2.82. The fourth-order valence-corrected chi connectivity index (χ4v) is 2.61. The van der Waals surface area contributed by atoms with Gasteiger partial charge >= 0.3 is 5.97 Å². The molecule has 3 aromatic rings. The Labute approximate surface area is 134 Å². The number of carbonyl (C=O) groups excluding carboxylic acids is 1. The average molecular weight is 310 g/mol. The Balaban J connectivity index is 1.96. The third-order valence-electron chi connectivity index (χ3n) is 3.86. The van der Waals surface area contributed by atoms with Crippen LogP contribution in [0.15, 0.2) is 42.5 Å². The lowest BCUT2D eigenvalue weighted by atomic mass is 10.2. The molecule has 0 amide bonds. The summed E-state index contributed by atoms with van der Waals surface area (Å²) in [6.07, 6.45) is 0. The fraction of sp³-hybridized carbons (Fsp3) is 0.222. The number of aryl methyl sites for hydroxylation is 1. The lowest BCUT2D eigenvalue weighted by molar-refractivity contribution is 0.0601. The molecule has 0 atom stereocenters. The van der Waals surface area contributed by atoms with Gasteiger partial charge in [-0.2, -0.15) is 0 Å². The molecule has 1 aromatic heterocycles. The van der Waals surface area contributed by atoms with Gasteiger partial charge in [0, 0.05) is 6.54 Å². The summed E-state index contributed by atoms with van der Waals surface area (Å²) in [6, 6.07) is 13.4. The largest absolute Gasteiger partial charge is 0.497 e. The molecule has 5 nitrogen and oxygen atoms in total. The van der Waals surface area contributed by atoms with E-state index in [0.717, 1.165) is 28.2 Å². The number of aromatic nitrogens is 2. The van der Waals surface area contributed by atoms with E-state index >= 15 is 0 Å². The van der Waals surface area contributed by atoms with Gasteiger partial charge in [-0.3, -0.25) is 0 Å². The SMILES string of the molecule is COC(=O)c1ccc2c(c1)nc(C)n2Cc1ccc(OC)cc1. The van der Waals surface area contributed by atoms with E-state index in [1.165, 1.54) is 7.11 Å². The minimum atomic E-state index is -0.353. The van der Waals surface area contributed by atoms with Gasteiger partial charge in [-0.25, -0.2) is 9.78 Å². The number of ether oxygens (including phenoxy) is 2. The number of hydrogen-bond donors (Lipinski definition) is 0. The number of carbonyl (C=O) groups is 1. The van der Waals surface area contributed by atoms with Gasteiger partial charge in [0.05, 0.1) is 30.8 Å². The van der Waals surface area contributed by atoms with Crippen LogP contribution in [-0.4, -0.2) is 29.7 Å². The zero-order chi connectivity index (χ0) is 16.4. The number of imidazole rings is 1. The van der Waals surface area contributed by atoms with E-state index in [1.807, 2.05) is 37.3 Å². The van der Waals surface area contributed by atoms with Crippen LogP contribution >= 0.6 is 0 Å². The molecule has 0 saturated heterocycles. The van der Waals surface area contributed by atoms with E-state index in [4.69, 9.17) is 9.47 Å². The van der Waals surface area contributed by atoms with Crippen molar-refractivity contribution >= 4 is 17.0 Å². The van der Waals surface area contributed by atoms with Gasteiger partial charge in [0.1, 0.15) is 11.6 Å². The summed E-state index contributed by atoms with van der Waals surface area (Å²) in [5, 5.41) is 0. The number of esters is 1. The van der Waals surface area contributed by atoms with Crippen LogP contribution in [0.4, 0.5) is 0 Å². The minimum absolute atomic E-state index is 0.353. The molecule has 118 valence electrons. The highest BCUT2D eigenvalue weighted by atomic mass is 16.5. The number of fused-ring (bicyclic) bond motifs is 1. The normalized spacial score (nSPS) is 10.7. The van der Waals surface area contributed by atoms with Gasteiger partial charge in [-0.1, -0.05) is 12.1 Å². The lowest BCUT2D eigenvalue weighted by Crippen LogP contribution is -2.03. The molecule has 23 heavy (non-hydrogen) atoms. The van der Waals surface area contributed by atoms with Gasteiger partial charge < -0.3 is 14.0 Å². The van der Waals surface area contributed by atoms with E-state index in [0.29, 0.717) is 12.1 Å². The van der Waals surface area contributed by atoms with Gasteiger partial charge in [-0.15, -0.1) is 0 Å². The second-order valence-electron chi connectivity index (χ2n) is 5.29. The fourth-order valence-electron chi connectivity index (χ4n) is 2.61. The van der Waals surface area contributed by atoms with Crippen molar-refractivity contribution in [3.05, 3.63) is 59.4 Å². The first kappa shape index (κ1) is 15.1. The molecule has 0 spiro atoms. The predicted octanol–water partition coefficient (Wildman–Crippen LogP) is 3.19. The highest BCUT2D eigenvalue weighted by Crippen LogP contribution is 2.20. The molecule has 0 N–H and O–H groups in total. The summed E-state index contributed by atoms with van der Waals surface area (Å²) in [5.41, 5.74) is 3.45. The number of methoxy groups -OCH3 is 2. The monoisotopic (exact) mass is 310 g/mol. The molecule has 2 aromatic carbocycles. The van der Waals surface area contributed by atoms with Gasteiger partial charge in [0.25, 0.3) is 0 Å². The number of nitrogens with zero attached hydrogens (tertiary/aromatic N) is 2. The third-order valence-corrected chi connectivity index (χ3v) is 3.86. The van der Waals surface area contributed by atoms with E-state index in [9.17, 15) is 4.79 Å². The maximum Gasteiger partial charge on any atom is 0.337 e. The van der Waals surface area contributed by atoms with Crippen molar-refractivity contribution in [3.63, 3.8) is 0 Å². The summed E-state index contributed by atoms with van der Waals surface area (Å²) in [7, 11) is 3.03. The predicted molar refractivity (Wildman–Crippen MR) is 87.9 cm³/mol. The molecule has 0 unspecified atom stereocenters. The van der Waals surface area contributed by atoms with E-state index in [1.54, 1.807) is 19.2 Å². The molecule has 0 aliphatic rings. The zero-order valence-electron chi connectivity index (χ0n) is 13.4. The van der Waals surface area contributed by atoms with Crippen LogP contribution in [0.5, 0.6) is 5.75 Å². The first-order chi connectivity index (χ1) is 11.1. The number of rotatable bonds is 4. The lowest BCUT2D eigenvalue weighted by Gasteiger charge is -2.08. The Morgan fingerprint density at radius 3 is 2.52 bits per heavy atom. The standard InChI is InChI=1S/C18H18N2O3/c1-12-19-16-10-14(18(21)23-3)6-9-17(16)20(12)11-13-4-7-15(22-2)8-5-13/h4-10H,11H2,1-3H3. The van der Waals surface area contributed by atoms with Crippen molar-refractivity contribution in [3.8, 4) is 5.75 Å². The topological polar surface area (TPSA) is 53.3 Å². The second-order valence-corrected chi connectivity index (χ2v) is 5.29. The Morgan fingerprint density at radius 1 is 1.13 bits per heavy atom. The molecule has 0 saturated carbocycles. The maximum absolute atomic E-state index is 11.6. The Kier molecular flexibility index (Phi) is 4.02. The van der Waals surface area contributed by atoms with Crippen LogP contribution in [0.3, 0.4) is 0 Å². The quantitative estimate of drug-likeness (QED) is 0.695. The average Bonchev–Trinajstić information content (AvgIpc) is 2.89. The van der Waals surface area contributed by atoms with Crippen molar-refractivity contribution in [2.24, 2.45) is 0 Å². The van der Waals surface area contributed by atoms with Crippen molar-refractivity contribution < 1.29 is 14.3 Å². The van der Waals surface area contributed by atoms with Crippen LogP contribution in [0.25, 0.3) is 11.0 Å². The molecule has 0 radical (unpaired) electrons.